The van der Waals surface area contributed by atoms with Gasteiger partial charge in [-0.25, -0.2) is 4.98 Å². The lowest BCUT2D eigenvalue weighted by Crippen LogP contribution is -1.96. The van der Waals surface area contributed by atoms with Gasteiger partial charge in [-0.1, -0.05) is 11.6 Å². The summed E-state index contributed by atoms with van der Waals surface area (Å²) in [6.07, 6.45) is 3.46. The van der Waals surface area contributed by atoms with Crippen LogP contribution >= 0.6 is 11.6 Å². The summed E-state index contributed by atoms with van der Waals surface area (Å²) in [5.74, 6) is 1.59. The van der Waals surface area contributed by atoms with Gasteiger partial charge in [0.2, 0.25) is 0 Å². The zero-order valence-corrected chi connectivity index (χ0v) is 8.16. The molecule has 1 heterocycles. The second kappa shape index (κ2) is 4.15. The summed E-state index contributed by atoms with van der Waals surface area (Å²) in [5.41, 5.74) is 0. The highest BCUT2D eigenvalue weighted by Crippen LogP contribution is 2.16. The lowest BCUT2D eigenvalue weighted by molar-refractivity contribution is 0.297. The van der Waals surface area contributed by atoms with Crippen LogP contribution in [0.1, 0.15) is 5.82 Å². The van der Waals surface area contributed by atoms with Crippen LogP contribution in [0.25, 0.3) is 0 Å². The van der Waals surface area contributed by atoms with Gasteiger partial charge in [-0.05, 0) is 24.3 Å². The molecule has 14 heavy (non-hydrogen) atoms. The molecular formula is C10H9ClN2O. The minimum absolute atomic E-state index is 0.439. The Balaban J connectivity index is 1.95. The summed E-state index contributed by atoms with van der Waals surface area (Å²) in [6, 6.07) is 7.23. The van der Waals surface area contributed by atoms with Crippen molar-refractivity contribution in [1.82, 2.24) is 9.97 Å². The molecule has 3 nitrogen and oxygen atoms in total. The predicted octanol–water partition coefficient (Wildman–Crippen LogP) is 2.64. The average molecular weight is 209 g/mol. The zero-order valence-electron chi connectivity index (χ0n) is 7.40. The van der Waals surface area contributed by atoms with Gasteiger partial charge in [0.1, 0.15) is 18.2 Å². The van der Waals surface area contributed by atoms with E-state index in [0.717, 1.165) is 11.6 Å². The first-order valence-electron chi connectivity index (χ1n) is 4.21. The van der Waals surface area contributed by atoms with Gasteiger partial charge in [-0.3, -0.25) is 0 Å². The molecule has 0 fully saturated rings. The molecule has 0 atom stereocenters. The zero-order chi connectivity index (χ0) is 9.80. The fourth-order valence-electron chi connectivity index (χ4n) is 1.06. The van der Waals surface area contributed by atoms with Crippen molar-refractivity contribution in [3.05, 3.63) is 47.5 Å². The number of aromatic nitrogens is 2. The lowest BCUT2D eigenvalue weighted by atomic mass is 10.3. The highest BCUT2D eigenvalue weighted by Gasteiger charge is 1.96. The summed E-state index contributed by atoms with van der Waals surface area (Å²) >= 11 is 5.74. The molecule has 2 aromatic rings. The summed E-state index contributed by atoms with van der Waals surface area (Å²) in [6.45, 7) is 0.439. The highest BCUT2D eigenvalue weighted by atomic mass is 35.5. The molecule has 1 N–H and O–H groups in total. The van der Waals surface area contributed by atoms with Crippen LogP contribution in [0.5, 0.6) is 5.75 Å². The van der Waals surface area contributed by atoms with Crippen LogP contribution in [0, 0.1) is 0 Å². The van der Waals surface area contributed by atoms with Gasteiger partial charge in [0.15, 0.2) is 0 Å². The van der Waals surface area contributed by atoms with E-state index in [-0.39, 0.29) is 0 Å². The van der Waals surface area contributed by atoms with E-state index in [1.807, 2.05) is 12.1 Å². The maximum atomic E-state index is 5.74. The number of benzene rings is 1. The van der Waals surface area contributed by atoms with Crippen molar-refractivity contribution in [2.45, 2.75) is 6.61 Å². The molecule has 0 aliphatic rings. The first kappa shape index (κ1) is 9.09. The normalized spacial score (nSPS) is 10.1. The molecule has 1 aromatic carbocycles. The quantitative estimate of drug-likeness (QED) is 0.842. The first-order valence-corrected chi connectivity index (χ1v) is 4.59. The third-order valence-corrected chi connectivity index (χ3v) is 2.00. The molecule has 0 spiro atoms. The minimum atomic E-state index is 0.439. The second-order valence-electron chi connectivity index (χ2n) is 2.78. The SMILES string of the molecule is Clc1ccc(OCc2ncc[nH]2)cc1. The van der Waals surface area contributed by atoms with Crippen molar-refractivity contribution < 1.29 is 4.74 Å². The summed E-state index contributed by atoms with van der Waals surface area (Å²) in [4.78, 5) is 7.00. The lowest BCUT2D eigenvalue weighted by Gasteiger charge is -2.03. The molecule has 0 bridgehead atoms. The second-order valence-corrected chi connectivity index (χ2v) is 3.21. The Morgan fingerprint density at radius 3 is 2.71 bits per heavy atom. The molecule has 0 radical (unpaired) electrons. The number of aromatic amines is 1. The van der Waals surface area contributed by atoms with Crippen LogP contribution in [0.2, 0.25) is 5.02 Å². The number of hydrogen-bond donors (Lipinski definition) is 1. The molecule has 1 aromatic heterocycles. The summed E-state index contributed by atoms with van der Waals surface area (Å²) < 4.78 is 5.45. The van der Waals surface area contributed by atoms with E-state index in [9.17, 15) is 0 Å². The third-order valence-electron chi connectivity index (χ3n) is 1.74. The Hall–Kier alpha value is -1.48. The molecule has 0 unspecified atom stereocenters. The van der Waals surface area contributed by atoms with Gasteiger partial charge in [-0.2, -0.15) is 0 Å². The molecule has 0 saturated carbocycles. The molecule has 72 valence electrons. The number of ether oxygens (including phenoxy) is 1. The predicted molar refractivity (Wildman–Crippen MR) is 54.4 cm³/mol. The first-order chi connectivity index (χ1) is 6.84. The summed E-state index contributed by atoms with van der Waals surface area (Å²) in [5, 5.41) is 0.704. The van der Waals surface area contributed by atoms with Crippen LogP contribution in [0.15, 0.2) is 36.7 Å². The Morgan fingerprint density at radius 2 is 2.07 bits per heavy atom. The monoisotopic (exact) mass is 208 g/mol. The molecule has 0 amide bonds. The molecule has 2 rings (SSSR count). The van der Waals surface area contributed by atoms with E-state index < -0.39 is 0 Å². The van der Waals surface area contributed by atoms with Gasteiger partial charge in [-0.15, -0.1) is 0 Å². The van der Waals surface area contributed by atoms with Crippen molar-refractivity contribution in [1.29, 1.82) is 0 Å². The fourth-order valence-corrected chi connectivity index (χ4v) is 1.19. The number of imidazole rings is 1. The fraction of sp³-hybridized carbons (Fsp3) is 0.100. The Kier molecular flexibility index (Phi) is 2.70. The molecular weight excluding hydrogens is 200 g/mol. The van der Waals surface area contributed by atoms with E-state index in [2.05, 4.69) is 9.97 Å². The molecule has 0 saturated heterocycles. The molecule has 4 heteroatoms. The topological polar surface area (TPSA) is 37.9 Å². The Bertz CT molecular complexity index is 383. The highest BCUT2D eigenvalue weighted by molar-refractivity contribution is 6.30. The van der Waals surface area contributed by atoms with Crippen LogP contribution in [0.3, 0.4) is 0 Å². The summed E-state index contributed by atoms with van der Waals surface area (Å²) in [7, 11) is 0. The average Bonchev–Trinajstić information content (AvgIpc) is 2.70. The number of H-pyrrole nitrogens is 1. The van der Waals surface area contributed by atoms with Gasteiger partial charge in [0.25, 0.3) is 0 Å². The van der Waals surface area contributed by atoms with Crippen molar-refractivity contribution in [3.63, 3.8) is 0 Å². The smallest absolute Gasteiger partial charge is 0.146 e. The minimum Gasteiger partial charge on any atom is -0.486 e. The van der Waals surface area contributed by atoms with Crippen molar-refractivity contribution in [2.24, 2.45) is 0 Å². The number of nitrogens with zero attached hydrogens (tertiary/aromatic N) is 1. The molecule has 0 aliphatic heterocycles. The van der Waals surface area contributed by atoms with E-state index in [0.29, 0.717) is 11.6 Å². The van der Waals surface area contributed by atoms with Gasteiger partial charge in [0, 0.05) is 17.4 Å². The van der Waals surface area contributed by atoms with Crippen molar-refractivity contribution in [2.75, 3.05) is 0 Å². The van der Waals surface area contributed by atoms with Crippen LogP contribution in [-0.4, -0.2) is 9.97 Å². The van der Waals surface area contributed by atoms with Crippen LogP contribution in [-0.2, 0) is 6.61 Å². The Labute approximate surface area is 86.7 Å². The van der Waals surface area contributed by atoms with Gasteiger partial charge >= 0.3 is 0 Å². The van der Waals surface area contributed by atoms with E-state index in [1.165, 1.54) is 0 Å². The van der Waals surface area contributed by atoms with E-state index in [4.69, 9.17) is 16.3 Å². The number of rotatable bonds is 3. The van der Waals surface area contributed by atoms with E-state index in [1.54, 1.807) is 24.5 Å². The largest absolute Gasteiger partial charge is 0.486 e. The molecule has 0 aliphatic carbocycles. The van der Waals surface area contributed by atoms with Crippen LogP contribution < -0.4 is 4.74 Å². The Morgan fingerprint density at radius 1 is 1.29 bits per heavy atom. The standard InChI is InChI=1S/C10H9ClN2O/c11-8-1-3-9(4-2-8)14-7-10-12-5-6-13-10/h1-6H,7H2,(H,12,13). The van der Waals surface area contributed by atoms with Gasteiger partial charge < -0.3 is 9.72 Å². The maximum absolute atomic E-state index is 5.74. The van der Waals surface area contributed by atoms with E-state index >= 15 is 0 Å². The third kappa shape index (κ3) is 2.26. The van der Waals surface area contributed by atoms with Gasteiger partial charge in [0.05, 0.1) is 0 Å². The maximum Gasteiger partial charge on any atom is 0.146 e. The number of hydrogen-bond acceptors (Lipinski definition) is 2. The number of nitrogens with one attached hydrogen (secondary N) is 1. The number of halogens is 1. The van der Waals surface area contributed by atoms with Crippen molar-refractivity contribution >= 4 is 11.6 Å². The van der Waals surface area contributed by atoms with Crippen LogP contribution in [0.4, 0.5) is 0 Å². The van der Waals surface area contributed by atoms with Crippen molar-refractivity contribution in [3.8, 4) is 5.75 Å².